The predicted octanol–water partition coefficient (Wildman–Crippen LogP) is 4.30. The average Bonchev–Trinajstić information content (AvgIpc) is 2.87. The Hall–Kier alpha value is -2.44. The number of carbonyl (C=O) groups is 2. The normalized spacial score (nSPS) is 18.3. The van der Waals surface area contributed by atoms with Crippen molar-refractivity contribution in [3.8, 4) is 0 Å². The SMILES string of the molecule is COC(=O)CC(C[Se]c1ccccc1)N1C(=O)C(OCc2ccccc2)C1c1ccccc1Br. The van der Waals surface area contributed by atoms with Crippen LogP contribution in [0.5, 0.6) is 0 Å². The molecule has 0 saturated carbocycles. The van der Waals surface area contributed by atoms with Gasteiger partial charge in [0.25, 0.3) is 0 Å². The monoisotopic (exact) mass is 587 g/mol. The van der Waals surface area contributed by atoms with Gasteiger partial charge in [0, 0.05) is 0 Å². The number of benzene rings is 3. The van der Waals surface area contributed by atoms with Crippen molar-refractivity contribution in [2.45, 2.75) is 36.5 Å². The molecule has 4 rings (SSSR count). The summed E-state index contributed by atoms with van der Waals surface area (Å²) in [6.07, 6.45) is -0.452. The second kappa shape index (κ2) is 11.8. The zero-order valence-electron chi connectivity index (χ0n) is 18.8. The molecule has 3 aromatic rings. The molecule has 1 heterocycles. The van der Waals surface area contributed by atoms with E-state index in [1.54, 1.807) is 0 Å². The van der Waals surface area contributed by atoms with E-state index in [1.807, 2.05) is 77.7 Å². The Morgan fingerprint density at radius 3 is 2.32 bits per heavy atom. The minimum atomic E-state index is -0.608. The van der Waals surface area contributed by atoms with E-state index in [0.29, 0.717) is 11.9 Å². The van der Waals surface area contributed by atoms with Crippen molar-refractivity contribution in [1.82, 2.24) is 4.90 Å². The fourth-order valence-electron chi connectivity index (χ4n) is 4.06. The van der Waals surface area contributed by atoms with E-state index in [-0.39, 0.29) is 45.3 Å². The van der Waals surface area contributed by atoms with E-state index in [4.69, 9.17) is 9.47 Å². The number of β-lactam (4-membered cyclic amide) rings is 1. The number of methoxy groups -OCH3 is 1. The Morgan fingerprint density at radius 2 is 1.65 bits per heavy atom. The molecule has 0 spiro atoms. The van der Waals surface area contributed by atoms with E-state index in [2.05, 4.69) is 28.1 Å². The van der Waals surface area contributed by atoms with Crippen molar-refractivity contribution >= 4 is 47.2 Å². The molecule has 0 N–H and O–H groups in total. The van der Waals surface area contributed by atoms with E-state index in [9.17, 15) is 9.59 Å². The van der Waals surface area contributed by atoms with Crippen molar-refractivity contribution in [3.05, 3.63) is 101 Å². The van der Waals surface area contributed by atoms with Crippen LogP contribution in [0.3, 0.4) is 0 Å². The summed E-state index contributed by atoms with van der Waals surface area (Å²) < 4.78 is 13.3. The zero-order chi connectivity index (χ0) is 23.9. The Balaban J connectivity index is 1.59. The number of esters is 1. The van der Waals surface area contributed by atoms with Gasteiger partial charge in [-0.2, -0.15) is 0 Å². The summed E-state index contributed by atoms with van der Waals surface area (Å²) in [6.45, 7) is 0.349. The van der Waals surface area contributed by atoms with E-state index in [0.717, 1.165) is 15.6 Å². The number of hydrogen-bond donors (Lipinski definition) is 0. The summed E-state index contributed by atoms with van der Waals surface area (Å²) >= 11 is 3.76. The topological polar surface area (TPSA) is 55.8 Å². The number of amides is 1. The standard InChI is InChI=1S/C27H26BrNO4Se/c1-32-24(30)16-20(18-34-21-12-6-3-7-13-21)29-25(22-14-8-9-15-23(22)28)26(27(29)31)33-17-19-10-4-2-5-11-19/h2-15,20,25-26H,16-18H2,1H3. The zero-order valence-corrected chi connectivity index (χ0v) is 22.1. The van der Waals surface area contributed by atoms with Gasteiger partial charge in [0.05, 0.1) is 0 Å². The molecule has 1 fully saturated rings. The van der Waals surface area contributed by atoms with Crippen molar-refractivity contribution in [2.24, 2.45) is 0 Å². The predicted molar refractivity (Wildman–Crippen MR) is 136 cm³/mol. The van der Waals surface area contributed by atoms with Gasteiger partial charge in [0.15, 0.2) is 0 Å². The molecule has 1 amide bonds. The fraction of sp³-hybridized carbons (Fsp3) is 0.259. The van der Waals surface area contributed by atoms with Crippen LogP contribution in [-0.2, 0) is 25.7 Å². The van der Waals surface area contributed by atoms with Crippen LogP contribution in [0.15, 0.2) is 89.4 Å². The molecule has 176 valence electrons. The van der Waals surface area contributed by atoms with Gasteiger partial charge in [-0.1, -0.05) is 0 Å². The van der Waals surface area contributed by atoms with E-state index < -0.39 is 6.10 Å². The van der Waals surface area contributed by atoms with Crippen molar-refractivity contribution in [2.75, 3.05) is 7.11 Å². The van der Waals surface area contributed by atoms with Crippen LogP contribution in [-0.4, -0.2) is 51.0 Å². The third-order valence-electron chi connectivity index (χ3n) is 5.79. The van der Waals surface area contributed by atoms with Crippen LogP contribution in [0.2, 0.25) is 5.32 Å². The number of rotatable bonds is 10. The van der Waals surface area contributed by atoms with Crippen LogP contribution < -0.4 is 4.46 Å². The first kappa shape index (κ1) is 24.7. The van der Waals surface area contributed by atoms with Gasteiger partial charge in [-0.05, 0) is 0 Å². The van der Waals surface area contributed by atoms with E-state index >= 15 is 0 Å². The van der Waals surface area contributed by atoms with Crippen LogP contribution in [0, 0.1) is 0 Å². The molecule has 0 radical (unpaired) electrons. The van der Waals surface area contributed by atoms with E-state index in [1.165, 1.54) is 11.6 Å². The Morgan fingerprint density at radius 1 is 1.00 bits per heavy atom. The van der Waals surface area contributed by atoms with Crippen molar-refractivity contribution < 1.29 is 19.1 Å². The second-order valence-electron chi connectivity index (χ2n) is 7.99. The first-order valence-corrected chi connectivity index (χ1v) is 13.9. The van der Waals surface area contributed by atoms with Gasteiger partial charge in [0.1, 0.15) is 0 Å². The number of ether oxygens (including phenoxy) is 2. The Bertz CT molecular complexity index is 1110. The number of nitrogens with zero attached hydrogens (tertiary/aromatic N) is 1. The van der Waals surface area contributed by atoms with Gasteiger partial charge in [-0.25, -0.2) is 0 Å². The molecule has 3 unspecified atom stereocenters. The molecule has 0 aliphatic carbocycles. The summed E-state index contributed by atoms with van der Waals surface area (Å²) in [5.41, 5.74) is 1.99. The summed E-state index contributed by atoms with van der Waals surface area (Å²) in [5.74, 6) is -0.407. The molecule has 1 saturated heterocycles. The van der Waals surface area contributed by atoms with Crippen molar-refractivity contribution in [1.29, 1.82) is 0 Å². The molecular formula is C27H26BrNO4Se. The first-order chi connectivity index (χ1) is 16.6. The number of likely N-dealkylation sites (tertiary alicyclic amines) is 1. The molecule has 1 aliphatic rings. The van der Waals surface area contributed by atoms with Crippen LogP contribution >= 0.6 is 15.9 Å². The summed E-state index contributed by atoms with van der Waals surface area (Å²) in [6, 6.07) is 27.3. The summed E-state index contributed by atoms with van der Waals surface area (Å²) in [7, 11) is 1.39. The summed E-state index contributed by atoms with van der Waals surface area (Å²) in [5, 5.41) is 0.713. The van der Waals surface area contributed by atoms with Gasteiger partial charge < -0.3 is 0 Å². The third-order valence-corrected chi connectivity index (χ3v) is 8.94. The molecule has 0 aromatic heterocycles. The maximum absolute atomic E-state index is 13.4. The van der Waals surface area contributed by atoms with Gasteiger partial charge >= 0.3 is 215 Å². The molecular weight excluding hydrogens is 561 g/mol. The third kappa shape index (κ3) is 5.78. The van der Waals surface area contributed by atoms with Crippen LogP contribution in [0.1, 0.15) is 23.6 Å². The molecule has 3 aromatic carbocycles. The Kier molecular flexibility index (Phi) is 8.57. The molecule has 1 aliphatic heterocycles. The Labute approximate surface area is 214 Å². The van der Waals surface area contributed by atoms with Gasteiger partial charge in [0.2, 0.25) is 0 Å². The maximum atomic E-state index is 13.4. The van der Waals surface area contributed by atoms with Crippen LogP contribution in [0.4, 0.5) is 0 Å². The fourth-order valence-corrected chi connectivity index (χ4v) is 6.71. The minimum absolute atomic E-state index is 0.0885. The average molecular weight is 587 g/mol. The second-order valence-corrected chi connectivity index (χ2v) is 11.1. The van der Waals surface area contributed by atoms with Crippen molar-refractivity contribution in [3.63, 3.8) is 0 Å². The molecule has 0 bridgehead atoms. The molecule has 5 nitrogen and oxygen atoms in total. The quantitative estimate of drug-likeness (QED) is 0.202. The molecule has 7 heteroatoms. The number of carbonyl (C=O) groups excluding carboxylic acids is 2. The first-order valence-electron chi connectivity index (χ1n) is 11.0. The number of hydrogen-bond acceptors (Lipinski definition) is 4. The molecule has 34 heavy (non-hydrogen) atoms. The number of halogens is 1. The van der Waals surface area contributed by atoms with Gasteiger partial charge in [-0.3, -0.25) is 0 Å². The molecule has 3 atom stereocenters. The van der Waals surface area contributed by atoms with Gasteiger partial charge in [-0.15, -0.1) is 0 Å². The van der Waals surface area contributed by atoms with Crippen LogP contribution in [0.25, 0.3) is 0 Å². The summed E-state index contributed by atoms with van der Waals surface area (Å²) in [4.78, 5) is 27.6.